The Morgan fingerprint density at radius 3 is 2.73 bits per heavy atom. The third kappa shape index (κ3) is 2.71. The summed E-state index contributed by atoms with van der Waals surface area (Å²) >= 11 is 12.2. The van der Waals surface area contributed by atoms with Crippen molar-refractivity contribution in [3.05, 3.63) is 67.7 Å². The average Bonchev–Trinajstić information content (AvgIpc) is 3.20. The van der Waals surface area contributed by atoms with Crippen LogP contribution in [0.15, 0.2) is 36.4 Å². The number of nitrogens with one attached hydrogen (secondary N) is 1. The molecule has 4 rings (SSSR count). The molecule has 0 unspecified atom stereocenters. The summed E-state index contributed by atoms with van der Waals surface area (Å²) in [7, 11) is 0. The first-order chi connectivity index (χ1) is 12.5. The van der Waals surface area contributed by atoms with Crippen molar-refractivity contribution in [1.82, 2.24) is 9.78 Å². The molecule has 26 heavy (non-hydrogen) atoms. The standard InChI is InChI=1S/C18H14Cl2N4O2/c1-10-2-4-12(24(25)26)9-16(10)23-18-13(6-7-21-18)17(22-23)11-3-5-14(19)15(20)8-11/h2-5,8-9,21H,6-7H2,1H3. The molecule has 0 saturated carbocycles. The van der Waals surface area contributed by atoms with E-state index in [2.05, 4.69) is 5.32 Å². The van der Waals surface area contributed by atoms with Gasteiger partial charge in [-0.3, -0.25) is 10.1 Å². The van der Waals surface area contributed by atoms with Crippen molar-refractivity contribution < 1.29 is 4.92 Å². The predicted molar refractivity (Wildman–Crippen MR) is 103 cm³/mol. The number of aryl methyl sites for hydroxylation is 1. The minimum atomic E-state index is -0.403. The first-order valence-corrected chi connectivity index (χ1v) is 8.78. The highest BCUT2D eigenvalue weighted by atomic mass is 35.5. The van der Waals surface area contributed by atoms with Crippen LogP contribution in [0.25, 0.3) is 16.9 Å². The van der Waals surface area contributed by atoms with Gasteiger partial charge in [0.05, 0.1) is 26.3 Å². The van der Waals surface area contributed by atoms with Gasteiger partial charge in [-0.1, -0.05) is 35.3 Å². The minimum Gasteiger partial charge on any atom is -0.369 e. The number of non-ortho nitro benzene ring substituents is 1. The van der Waals surface area contributed by atoms with E-state index in [1.54, 1.807) is 28.9 Å². The summed E-state index contributed by atoms with van der Waals surface area (Å²) in [5.41, 5.74) is 4.33. The van der Waals surface area contributed by atoms with Crippen molar-refractivity contribution >= 4 is 34.7 Å². The van der Waals surface area contributed by atoms with Gasteiger partial charge < -0.3 is 5.32 Å². The lowest BCUT2D eigenvalue weighted by Gasteiger charge is -2.09. The van der Waals surface area contributed by atoms with Crippen LogP contribution in [0.4, 0.5) is 11.5 Å². The Balaban J connectivity index is 1.91. The SMILES string of the molecule is Cc1ccc([N+](=O)[O-])cc1-n1nc(-c2ccc(Cl)c(Cl)c2)c2c1NCC2. The van der Waals surface area contributed by atoms with Gasteiger partial charge in [0.25, 0.3) is 5.69 Å². The average molecular weight is 389 g/mol. The van der Waals surface area contributed by atoms with Gasteiger partial charge in [-0.15, -0.1) is 0 Å². The molecule has 0 atom stereocenters. The van der Waals surface area contributed by atoms with Crippen LogP contribution in [0.3, 0.4) is 0 Å². The highest BCUT2D eigenvalue weighted by Crippen LogP contribution is 2.37. The normalized spacial score (nSPS) is 12.7. The third-order valence-electron chi connectivity index (χ3n) is 4.48. The molecular weight excluding hydrogens is 375 g/mol. The number of benzene rings is 2. The zero-order valence-corrected chi connectivity index (χ0v) is 15.3. The number of aromatic nitrogens is 2. The molecule has 2 heterocycles. The van der Waals surface area contributed by atoms with E-state index in [4.69, 9.17) is 28.3 Å². The maximum atomic E-state index is 11.2. The maximum Gasteiger partial charge on any atom is 0.271 e. The molecule has 0 radical (unpaired) electrons. The fourth-order valence-electron chi connectivity index (χ4n) is 3.16. The molecule has 3 aromatic rings. The molecule has 8 heteroatoms. The lowest BCUT2D eigenvalue weighted by atomic mass is 10.1. The second-order valence-corrected chi connectivity index (χ2v) is 6.94. The largest absolute Gasteiger partial charge is 0.369 e. The Kier molecular flexibility index (Phi) is 4.09. The summed E-state index contributed by atoms with van der Waals surface area (Å²) in [6.45, 7) is 2.69. The highest BCUT2D eigenvalue weighted by Gasteiger charge is 2.25. The Hall–Kier alpha value is -2.57. The summed E-state index contributed by atoms with van der Waals surface area (Å²) in [5.74, 6) is 0.856. The topological polar surface area (TPSA) is 73.0 Å². The number of rotatable bonds is 3. The zero-order valence-electron chi connectivity index (χ0n) is 13.8. The van der Waals surface area contributed by atoms with Crippen LogP contribution < -0.4 is 5.32 Å². The number of nitro groups is 1. The quantitative estimate of drug-likeness (QED) is 0.504. The van der Waals surface area contributed by atoms with E-state index >= 15 is 0 Å². The third-order valence-corrected chi connectivity index (χ3v) is 5.21. The molecule has 1 N–H and O–H groups in total. The molecule has 132 valence electrons. The Labute approximate surface area is 159 Å². The second kappa shape index (κ2) is 6.30. The number of hydrogen-bond donors (Lipinski definition) is 1. The molecule has 1 aliphatic rings. The molecule has 6 nitrogen and oxygen atoms in total. The molecule has 1 aliphatic heterocycles. The molecule has 0 bridgehead atoms. The zero-order chi connectivity index (χ0) is 18.4. The molecule has 2 aromatic carbocycles. The molecule has 0 saturated heterocycles. The summed E-state index contributed by atoms with van der Waals surface area (Å²) in [6.07, 6.45) is 0.818. The van der Waals surface area contributed by atoms with Crippen molar-refractivity contribution in [3.8, 4) is 16.9 Å². The van der Waals surface area contributed by atoms with Crippen molar-refractivity contribution in [2.45, 2.75) is 13.3 Å². The molecule has 0 aliphatic carbocycles. The van der Waals surface area contributed by atoms with E-state index < -0.39 is 4.92 Å². The molecule has 0 amide bonds. The Morgan fingerprint density at radius 2 is 2.00 bits per heavy atom. The first-order valence-electron chi connectivity index (χ1n) is 8.02. The Morgan fingerprint density at radius 1 is 1.19 bits per heavy atom. The minimum absolute atomic E-state index is 0.0314. The fourth-order valence-corrected chi connectivity index (χ4v) is 3.46. The lowest BCUT2D eigenvalue weighted by molar-refractivity contribution is -0.384. The molecule has 0 spiro atoms. The van der Waals surface area contributed by atoms with E-state index in [0.717, 1.165) is 41.2 Å². The number of nitrogens with zero attached hydrogens (tertiary/aromatic N) is 3. The van der Waals surface area contributed by atoms with Crippen molar-refractivity contribution in [2.75, 3.05) is 11.9 Å². The summed E-state index contributed by atoms with van der Waals surface area (Å²) in [5, 5.41) is 20.2. The van der Waals surface area contributed by atoms with Gasteiger partial charge in [-0.25, -0.2) is 4.68 Å². The smallest absolute Gasteiger partial charge is 0.271 e. The van der Waals surface area contributed by atoms with E-state index in [-0.39, 0.29) is 5.69 Å². The Bertz CT molecular complexity index is 1050. The fraction of sp³-hybridized carbons (Fsp3) is 0.167. The summed E-state index contributed by atoms with van der Waals surface area (Å²) in [6, 6.07) is 10.2. The van der Waals surface area contributed by atoms with E-state index in [1.807, 2.05) is 13.0 Å². The van der Waals surface area contributed by atoms with Gasteiger partial charge in [0.1, 0.15) is 5.82 Å². The van der Waals surface area contributed by atoms with Gasteiger partial charge in [0, 0.05) is 29.8 Å². The van der Waals surface area contributed by atoms with Gasteiger partial charge in [-0.2, -0.15) is 5.10 Å². The van der Waals surface area contributed by atoms with Crippen LogP contribution in [-0.2, 0) is 6.42 Å². The number of nitro benzene ring substituents is 1. The van der Waals surface area contributed by atoms with Crippen molar-refractivity contribution in [3.63, 3.8) is 0 Å². The van der Waals surface area contributed by atoms with Crippen LogP contribution in [0.5, 0.6) is 0 Å². The maximum absolute atomic E-state index is 11.2. The molecule has 1 aromatic heterocycles. The number of anilines is 1. The number of fused-ring (bicyclic) bond motifs is 1. The van der Waals surface area contributed by atoms with Gasteiger partial charge in [-0.05, 0) is 31.0 Å². The molecular formula is C18H14Cl2N4O2. The van der Waals surface area contributed by atoms with Crippen LogP contribution >= 0.6 is 23.2 Å². The summed E-state index contributed by atoms with van der Waals surface area (Å²) < 4.78 is 1.74. The first kappa shape index (κ1) is 16.9. The van der Waals surface area contributed by atoms with E-state index in [1.165, 1.54) is 6.07 Å². The van der Waals surface area contributed by atoms with Crippen LogP contribution in [0, 0.1) is 17.0 Å². The van der Waals surface area contributed by atoms with Crippen LogP contribution in [-0.4, -0.2) is 21.2 Å². The second-order valence-electron chi connectivity index (χ2n) is 6.12. The van der Waals surface area contributed by atoms with Crippen LogP contribution in [0.2, 0.25) is 10.0 Å². The monoisotopic (exact) mass is 388 g/mol. The highest BCUT2D eigenvalue weighted by molar-refractivity contribution is 6.42. The van der Waals surface area contributed by atoms with Gasteiger partial charge >= 0.3 is 0 Å². The van der Waals surface area contributed by atoms with Crippen LogP contribution in [0.1, 0.15) is 11.1 Å². The number of hydrogen-bond acceptors (Lipinski definition) is 4. The lowest BCUT2D eigenvalue weighted by Crippen LogP contribution is -2.06. The van der Waals surface area contributed by atoms with E-state index in [0.29, 0.717) is 15.7 Å². The van der Waals surface area contributed by atoms with Gasteiger partial charge in [0.15, 0.2) is 0 Å². The summed E-state index contributed by atoms with van der Waals surface area (Å²) in [4.78, 5) is 10.8. The number of halogens is 2. The molecule has 0 fully saturated rings. The van der Waals surface area contributed by atoms with E-state index in [9.17, 15) is 10.1 Å². The van der Waals surface area contributed by atoms with Gasteiger partial charge in [0.2, 0.25) is 0 Å². The van der Waals surface area contributed by atoms with Crippen molar-refractivity contribution in [1.29, 1.82) is 0 Å². The predicted octanol–water partition coefficient (Wildman–Crippen LogP) is 5.03. The van der Waals surface area contributed by atoms with Crippen molar-refractivity contribution in [2.24, 2.45) is 0 Å².